The standard InChI is InChI=1S/C17H18N4O7S/c18-16(22)11-28-15-7-2-1-6-14(15)17(23)19-8-9-20-29(26,27)13-5-3-4-12(10-13)21(24)25/h1-7,10,20H,8-9,11H2,(H2,18,22)(H,19,23). The fraction of sp³-hybridized carbons (Fsp3) is 0.176. The zero-order valence-corrected chi connectivity index (χ0v) is 15.8. The first-order chi connectivity index (χ1) is 13.7. The van der Waals surface area contributed by atoms with Crippen molar-refractivity contribution in [3.05, 3.63) is 64.2 Å². The van der Waals surface area contributed by atoms with Crippen LogP contribution in [0.2, 0.25) is 0 Å². The number of non-ortho nitro benzene ring substituents is 1. The minimum atomic E-state index is -3.99. The van der Waals surface area contributed by atoms with Gasteiger partial charge in [0, 0.05) is 25.2 Å². The van der Waals surface area contributed by atoms with Crippen molar-refractivity contribution < 1.29 is 27.7 Å². The number of amides is 2. The van der Waals surface area contributed by atoms with E-state index >= 15 is 0 Å². The molecule has 2 rings (SSSR count). The summed E-state index contributed by atoms with van der Waals surface area (Å²) in [4.78, 5) is 32.9. The quantitative estimate of drug-likeness (QED) is 0.278. The molecule has 154 valence electrons. The Kier molecular flexibility index (Phi) is 7.22. The monoisotopic (exact) mass is 422 g/mol. The summed E-state index contributed by atoms with van der Waals surface area (Å²) in [5.41, 5.74) is 4.81. The van der Waals surface area contributed by atoms with E-state index < -0.39 is 33.4 Å². The molecule has 0 spiro atoms. The van der Waals surface area contributed by atoms with Gasteiger partial charge in [-0.05, 0) is 18.2 Å². The van der Waals surface area contributed by atoms with Gasteiger partial charge in [0.2, 0.25) is 10.0 Å². The highest BCUT2D eigenvalue weighted by Crippen LogP contribution is 2.18. The van der Waals surface area contributed by atoms with Gasteiger partial charge < -0.3 is 15.8 Å². The van der Waals surface area contributed by atoms with E-state index in [4.69, 9.17) is 10.5 Å². The Balaban J connectivity index is 1.93. The summed E-state index contributed by atoms with van der Waals surface area (Å²) in [6.45, 7) is -0.606. The summed E-state index contributed by atoms with van der Waals surface area (Å²) in [7, 11) is -3.99. The molecular weight excluding hydrogens is 404 g/mol. The van der Waals surface area contributed by atoms with Crippen LogP contribution in [0.1, 0.15) is 10.4 Å². The van der Waals surface area contributed by atoms with Crippen molar-refractivity contribution >= 4 is 27.5 Å². The van der Waals surface area contributed by atoms with Gasteiger partial charge in [-0.3, -0.25) is 19.7 Å². The number of nitro groups is 1. The van der Waals surface area contributed by atoms with Crippen LogP contribution in [0.4, 0.5) is 5.69 Å². The Morgan fingerprint density at radius 3 is 2.52 bits per heavy atom. The van der Waals surface area contributed by atoms with Gasteiger partial charge in [-0.25, -0.2) is 13.1 Å². The predicted octanol–water partition coefficient (Wildman–Crippen LogP) is 0.167. The Bertz CT molecular complexity index is 1020. The van der Waals surface area contributed by atoms with Crippen molar-refractivity contribution in [2.75, 3.05) is 19.7 Å². The van der Waals surface area contributed by atoms with Crippen molar-refractivity contribution in [1.29, 1.82) is 0 Å². The number of carbonyl (C=O) groups is 2. The predicted molar refractivity (Wildman–Crippen MR) is 102 cm³/mol. The molecule has 0 fully saturated rings. The molecular formula is C17H18N4O7S. The third-order valence-electron chi connectivity index (χ3n) is 3.54. The lowest BCUT2D eigenvalue weighted by atomic mass is 10.2. The average molecular weight is 422 g/mol. The van der Waals surface area contributed by atoms with Crippen molar-refractivity contribution in [2.45, 2.75) is 4.90 Å². The Labute approximate surface area is 166 Å². The fourth-order valence-corrected chi connectivity index (χ4v) is 3.30. The highest BCUT2D eigenvalue weighted by Gasteiger charge is 2.17. The Morgan fingerprint density at radius 2 is 1.83 bits per heavy atom. The minimum absolute atomic E-state index is 0.0584. The van der Waals surface area contributed by atoms with E-state index in [2.05, 4.69) is 10.0 Å². The van der Waals surface area contributed by atoms with Crippen LogP contribution in [-0.2, 0) is 14.8 Å². The lowest BCUT2D eigenvalue weighted by Crippen LogP contribution is -2.35. The summed E-state index contributed by atoms with van der Waals surface area (Å²) in [5.74, 6) is -1.09. The maximum Gasteiger partial charge on any atom is 0.270 e. The van der Waals surface area contributed by atoms with Crippen molar-refractivity contribution in [1.82, 2.24) is 10.0 Å². The molecule has 0 saturated heterocycles. The number of nitrogens with zero attached hydrogens (tertiary/aromatic N) is 1. The first-order valence-electron chi connectivity index (χ1n) is 8.23. The smallest absolute Gasteiger partial charge is 0.270 e. The number of ether oxygens (including phenoxy) is 1. The van der Waals surface area contributed by atoms with E-state index in [1.807, 2.05) is 0 Å². The van der Waals surface area contributed by atoms with E-state index in [0.717, 1.165) is 6.07 Å². The van der Waals surface area contributed by atoms with Crippen LogP contribution in [0.15, 0.2) is 53.4 Å². The van der Waals surface area contributed by atoms with Crippen LogP contribution in [-0.4, -0.2) is 44.9 Å². The number of primary amides is 1. The highest BCUT2D eigenvalue weighted by molar-refractivity contribution is 7.89. The molecule has 0 radical (unpaired) electrons. The summed E-state index contributed by atoms with van der Waals surface area (Å²) < 4.78 is 31.8. The van der Waals surface area contributed by atoms with Crippen LogP contribution < -0.4 is 20.5 Å². The molecule has 11 nitrogen and oxygen atoms in total. The van der Waals surface area contributed by atoms with Gasteiger partial charge in [0.05, 0.1) is 15.4 Å². The van der Waals surface area contributed by atoms with E-state index in [0.29, 0.717) is 0 Å². The number of hydrogen-bond donors (Lipinski definition) is 3. The lowest BCUT2D eigenvalue weighted by molar-refractivity contribution is -0.385. The van der Waals surface area contributed by atoms with Gasteiger partial charge in [-0.1, -0.05) is 18.2 Å². The molecule has 0 bridgehead atoms. The van der Waals surface area contributed by atoms with Gasteiger partial charge >= 0.3 is 0 Å². The summed E-state index contributed by atoms with van der Waals surface area (Å²) in [6.07, 6.45) is 0. The highest BCUT2D eigenvalue weighted by atomic mass is 32.2. The minimum Gasteiger partial charge on any atom is -0.483 e. The summed E-state index contributed by atoms with van der Waals surface area (Å²) >= 11 is 0. The Morgan fingerprint density at radius 1 is 1.10 bits per heavy atom. The molecule has 2 aromatic rings. The number of para-hydroxylation sites is 1. The van der Waals surface area contributed by atoms with Gasteiger partial charge in [0.15, 0.2) is 6.61 Å². The number of carbonyl (C=O) groups excluding carboxylic acids is 2. The molecule has 4 N–H and O–H groups in total. The zero-order valence-electron chi connectivity index (χ0n) is 15.0. The van der Waals surface area contributed by atoms with Crippen molar-refractivity contribution in [3.63, 3.8) is 0 Å². The summed E-state index contributed by atoms with van der Waals surface area (Å²) in [6, 6.07) is 10.8. The molecule has 0 aliphatic heterocycles. The molecule has 0 atom stereocenters. The van der Waals surface area contributed by atoms with Crippen LogP contribution in [0, 0.1) is 10.1 Å². The molecule has 0 aromatic heterocycles. The van der Waals surface area contributed by atoms with E-state index in [9.17, 15) is 28.1 Å². The number of hydrogen-bond acceptors (Lipinski definition) is 7. The second-order valence-electron chi connectivity index (χ2n) is 5.66. The third-order valence-corrected chi connectivity index (χ3v) is 5.00. The van der Waals surface area contributed by atoms with Gasteiger partial charge in [-0.15, -0.1) is 0 Å². The summed E-state index contributed by atoms with van der Waals surface area (Å²) in [5, 5.41) is 13.3. The number of nitro benzene ring substituents is 1. The van der Waals surface area contributed by atoms with Gasteiger partial charge in [0.1, 0.15) is 5.75 Å². The van der Waals surface area contributed by atoms with E-state index in [1.54, 1.807) is 12.1 Å². The fourth-order valence-electron chi connectivity index (χ4n) is 2.23. The third kappa shape index (κ3) is 6.26. The van der Waals surface area contributed by atoms with Crippen LogP contribution in [0.25, 0.3) is 0 Å². The van der Waals surface area contributed by atoms with Crippen LogP contribution in [0.3, 0.4) is 0 Å². The molecule has 12 heteroatoms. The average Bonchev–Trinajstić information content (AvgIpc) is 2.69. The Hall–Kier alpha value is -3.51. The number of rotatable bonds is 10. The molecule has 0 saturated carbocycles. The van der Waals surface area contributed by atoms with Crippen molar-refractivity contribution in [2.24, 2.45) is 5.73 Å². The molecule has 29 heavy (non-hydrogen) atoms. The second-order valence-corrected chi connectivity index (χ2v) is 7.43. The number of benzene rings is 2. The molecule has 0 unspecified atom stereocenters. The lowest BCUT2D eigenvalue weighted by Gasteiger charge is -2.11. The van der Waals surface area contributed by atoms with E-state index in [-0.39, 0.29) is 35.0 Å². The van der Waals surface area contributed by atoms with Gasteiger partial charge in [-0.2, -0.15) is 0 Å². The second kappa shape index (κ2) is 9.61. The first-order valence-corrected chi connectivity index (χ1v) is 9.71. The van der Waals surface area contributed by atoms with E-state index in [1.165, 1.54) is 30.3 Å². The molecule has 0 aliphatic carbocycles. The SMILES string of the molecule is NC(=O)COc1ccccc1C(=O)NCCNS(=O)(=O)c1cccc([N+](=O)[O-])c1. The molecule has 2 aromatic carbocycles. The maximum atomic E-state index is 12.3. The molecule has 2 amide bonds. The number of nitrogens with two attached hydrogens (primary N) is 1. The largest absolute Gasteiger partial charge is 0.483 e. The number of sulfonamides is 1. The van der Waals surface area contributed by atoms with Crippen LogP contribution in [0.5, 0.6) is 5.75 Å². The normalized spacial score (nSPS) is 10.9. The zero-order chi connectivity index (χ0) is 21.4. The van der Waals surface area contributed by atoms with Crippen molar-refractivity contribution in [3.8, 4) is 5.75 Å². The topological polar surface area (TPSA) is 171 Å². The van der Waals surface area contributed by atoms with Crippen LogP contribution >= 0.6 is 0 Å². The molecule has 0 heterocycles. The number of nitrogens with one attached hydrogen (secondary N) is 2. The molecule has 0 aliphatic rings. The maximum absolute atomic E-state index is 12.3. The van der Waals surface area contributed by atoms with Gasteiger partial charge in [0.25, 0.3) is 17.5 Å². The first kappa shape index (κ1) is 21.8.